The summed E-state index contributed by atoms with van der Waals surface area (Å²) in [5.74, 6) is 0.141. The van der Waals surface area contributed by atoms with Gasteiger partial charge in [-0.1, -0.05) is 26.2 Å². The van der Waals surface area contributed by atoms with Crippen LogP contribution in [-0.2, 0) is 20.2 Å². The van der Waals surface area contributed by atoms with Gasteiger partial charge < -0.3 is 14.7 Å². The number of piperazine rings is 1. The molecule has 0 amide bonds. The van der Waals surface area contributed by atoms with Crippen molar-refractivity contribution in [1.82, 2.24) is 17.8 Å². The molecule has 0 radical (unpaired) electrons. The van der Waals surface area contributed by atoms with Crippen molar-refractivity contribution >= 4 is 31.6 Å². The second-order valence-corrected chi connectivity index (χ2v) is 18.4. The zero-order valence-electron chi connectivity index (χ0n) is 29.9. The Hall–Kier alpha value is -2.29. The van der Waals surface area contributed by atoms with E-state index in [1.54, 1.807) is 31.1 Å². The molecule has 3 aliphatic rings. The lowest BCUT2D eigenvalue weighted by atomic mass is 9.89. The number of sulfonamides is 1. The van der Waals surface area contributed by atoms with Gasteiger partial charge in [0, 0.05) is 84.4 Å². The fourth-order valence-corrected chi connectivity index (χ4v) is 11.0. The lowest BCUT2D eigenvalue weighted by molar-refractivity contribution is 0.179. The van der Waals surface area contributed by atoms with Gasteiger partial charge in [0.25, 0.3) is 10.2 Å². The molecule has 2 heterocycles. The second kappa shape index (κ2) is 16.8. The molecule has 0 unspecified atom stereocenters. The third-order valence-corrected chi connectivity index (χ3v) is 14.3. The number of hydrogen-bond acceptors (Lipinski definition) is 7. The highest BCUT2D eigenvalue weighted by Gasteiger charge is 2.35. The first-order valence-electron chi connectivity index (χ1n) is 18.1. The van der Waals surface area contributed by atoms with Crippen LogP contribution in [0.1, 0.15) is 57.4 Å². The van der Waals surface area contributed by atoms with E-state index in [1.807, 2.05) is 45.0 Å². The lowest BCUT2D eigenvalue weighted by Crippen LogP contribution is -2.54. The van der Waals surface area contributed by atoms with Crippen LogP contribution in [0.5, 0.6) is 0 Å². The lowest BCUT2D eigenvalue weighted by Gasteiger charge is -2.39. The number of rotatable bonds is 8. The molecule has 3 fully saturated rings. The first-order chi connectivity index (χ1) is 23.3. The average Bonchev–Trinajstić information content (AvgIpc) is 3.07. The maximum atomic E-state index is 14.3. The van der Waals surface area contributed by atoms with Crippen LogP contribution in [0, 0.1) is 24.6 Å². The van der Waals surface area contributed by atoms with Crippen molar-refractivity contribution in [3.63, 3.8) is 0 Å². The van der Waals surface area contributed by atoms with Crippen LogP contribution in [0.25, 0.3) is 0 Å². The zero-order valence-corrected chi connectivity index (χ0v) is 31.6. The molecule has 0 aromatic heterocycles. The Morgan fingerprint density at radius 3 is 1.96 bits per heavy atom. The highest BCUT2D eigenvalue weighted by Crippen LogP contribution is 2.27. The molecule has 1 aliphatic carbocycles. The Morgan fingerprint density at radius 2 is 1.35 bits per heavy atom. The normalized spacial score (nSPS) is 22.8. The molecule has 2 saturated heterocycles. The van der Waals surface area contributed by atoms with Crippen LogP contribution in [0.2, 0.25) is 0 Å². The van der Waals surface area contributed by atoms with E-state index in [4.69, 9.17) is 0 Å². The topological polar surface area (TPSA) is 87.7 Å². The summed E-state index contributed by atoms with van der Waals surface area (Å²) < 4.78 is 75.2. The molecule has 274 valence electrons. The van der Waals surface area contributed by atoms with Gasteiger partial charge in [-0.2, -0.15) is 21.3 Å². The summed E-state index contributed by atoms with van der Waals surface area (Å²) in [7, 11) is -3.75. The number of benzene rings is 2. The molecule has 0 bridgehead atoms. The quantitative estimate of drug-likeness (QED) is 0.385. The van der Waals surface area contributed by atoms with Crippen molar-refractivity contribution in [2.45, 2.75) is 63.7 Å². The highest BCUT2D eigenvalue weighted by atomic mass is 32.2. The van der Waals surface area contributed by atoms with Crippen LogP contribution in [-0.4, -0.2) is 121 Å². The molecule has 5 rings (SSSR count). The first kappa shape index (κ1) is 38.0. The summed E-state index contributed by atoms with van der Waals surface area (Å²) in [5.41, 5.74) is 2.68. The molecule has 2 aromatic rings. The minimum Gasteiger partial charge on any atom is -0.378 e. The van der Waals surface area contributed by atoms with Crippen LogP contribution < -0.4 is 9.80 Å². The second-order valence-electron chi connectivity index (χ2n) is 14.6. The van der Waals surface area contributed by atoms with E-state index < -0.39 is 20.2 Å². The molecule has 49 heavy (non-hydrogen) atoms. The van der Waals surface area contributed by atoms with Crippen molar-refractivity contribution < 1.29 is 21.2 Å². The monoisotopic (exact) mass is 720 g/mol. The van der Waals surface area contributed by atoms with Gasteiger partial charge >= 0.3 is 0 Å². The SMILES string of the molecule is Cc1cc(F)ccc1N1CCN(S(=O)(=O)N2CCCN(CC3CCCCC3)CCCN(S(=O)(=O)c3ccc(N(C)C)cc3)C[C@H](C)C2)CC1. The Balaban J connectivity index is 1.34. The van der Waals surface area contributed by atoms with Crippen molar-refractivity contribution in [3.05, 3.63) is 53.8 Å². The summed E-state index contributed by atoms with van der Waals surface area (Å²) in [6, 6.07) is 11.7. The molecule has 10 nitrogen and oxygen atoms in total. The van der Waals surface area contributed by atoms with Gasteiger partial charge in [-0.15, -0.1) is 0 Å². The van der Waals surface area contributed by atoms with E-state index in [-0.39, 0.29) is 29.7 Å². The molecule has 1 atom stereocenters. The molecular weight excluding hydrogens is 664 g/mol. The summed E-state index contributed by atoms with van der Waals surface area (Å²) in [6.07, 6.45) is 7.72. The Kier molecular flexibility index (Phi) is 13.0. The Bertz CT molecular complexity index is 1580. The van der Waals surface area contributed by atoms with Crippen LogP contribution >= 0.6 is 0 Å². The number of anilines is 2. The summed E-state index contributed by atoms with van der Waals surface area (Å²) in [4.78, 5) is 6.77. The third kappa shape index (κ3) is 9.74. The van der Waals surface area contributed by atoms with Crippen LogP contribution in [0.3, 0.4) is 0 Å². The van der Waals surface area contributed by atoms with Gasteiger partial charge in [-0.3, -0.25) is 0 Å². The van der Waals surface area contributed by atoms with E-state index in [1.165, 1.54) is 44.2 Å². The smallest absolute Gasteiger partial charge is 0.282 e. The fraction of sp³-hybridized carbons (Fsp3) is 0.667. The van der Waals surface area contributed by atoms with Crippen molar-refractivity contribution in [1.29, 1.82) is 0 Å². The van der Waals surface area contributed by atoms with Crippen molar-refractivity contribution in [3.8, 4) is 0 Å². The Labute approximate surface area is 295 Å². The van der Waals surface area contributed by atoms with Gasteiger partial charge in [-0.05, 0) is 106 Å². The summed E-state index contributed by atoms with van der Waals surface area (Å²) in [5, 5.41) is 0. The third-order valence-electron chi connectivity index (χ3n) is 10.4. The van der Waals surface area contributed by atoms with Gasteiger partial charge in [-0.25, -0.2) is 12.8 Å². The molecule has 0 spiro atoms. The van der Waals surface area contributed by atoms with E-state index >= 15 is 0 Å². The molecule has 2 aromatic carbocycles. The van der Waals surface area contributed by atoms with E-state index in [0.717, 1.165) is 49.4 Å². The minimum absolute atomic E-state index is 0.216. The average molecular weight is 721 g/mol. The van der Waals surface area contributed by atoms with Crippen LogP contribution in [0.4, 0.5) is 15.8 Å². The van der Waals surface area contributed by atoms with E-state index in [0.29, 0.717) is 45.2 Å². The fourth-order valence-electron chi connectivity index (χ4n) is 7.70. The maximum absolute atomic E-state index is 14.3. The largest absolute Gasteiger partial charge is 0.378 e. The van der Waals surface area contributed by atoms with Gasteiger partial charge in [0.1, 0.15) is 5.82 Å². The molecule has 0 N–H and O–H groups in total. The van der Waals surface area contributed by atoms with Gasteiger partial charge in [0.2, 0.25) is 10.0 Å². The first-order valence-corrected chi connectivity index (χ1v) is 20.9. The van der Waals surface area contributed by atoms with Crippen molar-refractivity contribution in [2.75, 3.05) is 95.9 Å². The molecule has 1 saturated carbocycles. The number of nitrogens with zero attached hydrogens (tertiary/aromatic N) is 6. The number of hydrogen-bond donors (Lipinski definition) is 0. The number of aryl methyl sites for hydroxylation is 1. The Morgan fingerprint density at radius 1 is 0.735 bits per heavy atom. The standard InChI is InChI=1S/C36H57FN6O4S2/c1-30-27-42(48(44,45)35-15-13-34(14-16-35)38(3)4)20-8-18-39(29-32-10-6-5-7-11-32)19-9-21-43(28-30)49(46,47)41-24-22-40(23-25-41)36-17-12-33(37)26-31(36)2/h12-17,26,30,32H,5-11,18-25,27-29H2,1-4H3/t30-/m0/s1. The van der Waals surface area contributed by atoms with E-state index in [9.17, 15) is 21.2 Å². The van der Waals surface area contributed by atoms with Gasteiger partial charge in [0.15, 0.2) is 0 Å². The highest BCUT2D eigenvalue weighted by molar-refractivity contribution is 7.89. The van der Waals surface area contributed by atoms with E-state index in [2.05, 4.69) is 9.80 Å². The van der Waals surface area contributed by atoms with Gasteiger partial charge in [0.05, 0.1) is 4.90 Å². The molecular formula is C36H57FN6O4S2. The minimum atomic E-state index is -3.80. The zero-order chi connectivity index (χ0) is 35.2. The van der Waals surface area contributed by atoms with Crippen LogP contribution in [0.15, 0.2) is 47.4 Å². The molecule has 2 aliphatic heterocycles. The predicted molar refractivity (Wildman–Crippen MR) is 196 cm³/mol. The summed E-state index contributed by atoms with van der Waals surface area (Å²) >= 11 is 0. The summed E-state index contributed by atoms with van der Waals surface area (Å²) in [6.45, 7) is 9.35. The predicted octanol–water partition coefficient (Wildman–Crippen LogP) is 4.87. The molecule has 13 heteroatoms. The maximum Gasteiger partial charge on any atom is 0.282 e. The van der Waals surface area contributed by atoms with Crippen molar-refractivity contribution in [2.24, 2.45) is 11.8 Å². The number of halogens is 1.